The zero-order valence-corrected chi connectivity index (χ0v) is 18.6. The van der Waals surface area contributed by atoms with E-state index in [0.717, 1.165) is 23.1 Å². The molecule has 5 heteroatoms. The van der Waals surface area contributed by atoms with Crippen molar-refractivity contribution in [2.75, 3.05) is 6.54 Å². The van der Waals surface area contributed by atoms with Gasteiger partial charge < -0.3 is 4.90 Å². The molecule has 32 heavy (non-hydrogen) atoms. The molecule has 2 amide bonds. The van der Waals surface area contributed by atoms with E-state index in [1.54, 1.807) is 6.07 Å². The third-order valence-electron chi connectivity index (χ3n) is 6.22. The second kappa shape index (κ2) is 8.29. The van der Waals surface area contributed by atoms with Gasteiger partial charge in [0, 0.05) is 18.1 Å². The number of imide groups is 1. The van der Waals surface area contributed by atoms with Crippen LogP contribution in [0.4, 0.5) is 0 Å². The molecule has 0 saturated heterocycles. The molecule has 0 saturated carbocycles. The van der Waals surface area contributed by atoms with Gasteiger partial charge in [-0.15, -0.1) is 0 Å². The number of nitrogens with zero attached hydrogens (tertiary/aromatic N) is 2. The summed E-state index contributed by atoms with van der Waals surface area (Å²) in [5, 5.41) is 0.547. The minimum absolute atomic E-state index is 0.153. The molecule has 0 atom stereocenters. The average Bonchev–Trinajstić information content (AvgIpc) is 3.05. The molecule has 0 aromatic heterocycles. The fraction of sp³-hybridized carbons (Fsp3) is 0.185. The summed E-state index contributed by atoms with van der Waals surface area (Å²) in [6, 6.07) is 23.4. The van der Waals surface area contributed by atoms with Crippen LogP contribution in [-0.4, -0.2) is 28.2 Å². The van der Waals surface area contributed by atoms with E-state index in [-0.39, 0.29) is 18.4 Å². The van der Waals surface area contributed by atoms with E-state index in [1.165, 1.54) is 16.0 Å². The molecule has 2 aliphatic rings. The highest BCUT2D eigenvalue weighted by Crippen LogP contribution is 2.35. The maximum absolute atomic E-state index is 13.7. The third kappa shape index (κ3) is 3.61. The van der Waals surface area contributed by atoms with Gasteiger partial charge in [0.2, 0.25) is 0 Å². The fourth-order valence-corrected chi connectivity index (χ4v) is 4.66. The lowest BCUT2D eigenvalue weighted by molar-refractivity contribution is -0.138. The Morgan fingerprint density at radius 3 is 2.28 bits per heavy atom. The molecular weight excluding hydrogens is 420 g/mol. The number of carbonyl (C=O) groups excluding carboxylic acids is 2. The summed E-state index contributed by atoms with van der Waals surface area (Å²) < 4.78 is 0. The van der Waals surface area contributed by atoms with Crippen LogP contribution in [0.15, 0.2) is 78.5 Å². The summed E-state index contributed by atoms with van der Waals surface area (Å²) in [5.74, 6) is -0.530. The molecule has 0 bridgehead atoms. The molecular formula is C27H23ClN2O2. The highest BCUT2D eigenvalue weighted by Gasteiger charge is 2.42. The van der Waals surface area contributed by atoms with E-state index in [9.17, 15) is 9.59 Å². The summed E-state index contributed by atoms with van der Waals surface area (Å²) in [4.78, 5) is 30.6. The highest BCUT2D eigenvalue weighted by atomic mass is 35.5. The number of halogens is 1. The van der Waals surface area contributed by atoms with Crippen molar-refractivity contribution in [2.24, 2.45) is 0 Å². The Morgan fingerprint density at radius 1 is 0.844 bits per heavy atom. The quantitative estimate of drug-likeness (QED) is 0.534. The van der Waals surface area contributed by atoms with Crippen molar-refractivity contribution >= 4 is 29.0 Å². The topological polar surface area (TPSA) is 40.6 Å². The van der Waals surface area contributed by atoms with Gasteiger partial charge in [-0.3, -0.25) is 14.5 Å². The van der Waals surface area contributed by atoms with Crippen molar-refractivity contribution in [3.05, 3.63) is 111 Å². The fourth-order valence-electron chi connectivity index (χ4n) is 4.46. The third-order valence-corrected chi connectivity index (χ3v) is 6.59. The number of hydrogen-bond acceptors (Lipinski definition) is 3. The van der Waals surface area contributed by atoms with Gasteiger partial charge in [-0.05, 0) is 41.7 Å². The maximum atomic E-state index is 13.7. The Kier molecular flexibility index (Phi) is 5.32. The van der Waals surface area contributed by atoms with Crippen LogP contribution in [0.2, 0.25) is 5.02 Å². The molecule has 0 radical (unpaired) electrons. The number of hydrogen-bond donors (Lipinski definition) is 0. The van der Waals surface area contributed by atoms with Crippen LogP contribution >= 0.6 is 11.6 Å². The first-order valence-corrected chi connectivity index (χ1v) is 11.1. The molecule has 160 valence electrons. The zero-order valence-electron chi connectivity index (χ0n) is 17.8. The van der Waals surface area contributed by atoms with Crippen molar-refractivity contribution in [2.45, 2.75) is 26.4 Å². The molecule has 3 aromatic rings. The molecule has 3 aromatic carbocycles. The Hall–Kier alpha value is -3.37. The second-order valence-corrected chi connectivity index (χ2v) is 8.72. The van der Waals surface area contributed by atoms with E-state index >= 15 is 0 Å². The molecule has 0 spiro atoms. The van der Waals surface area contributed by atoms with Crippen LogP contribution in [0, 0.1) is 6.92 Å². The number of benzene rings is 3. The standard InChI is InChI=1S/C27H23ClN2O2/c1-18-10-12-20(13-11-18)24-25(29-15-14-19-6-2-3-7-21(19)16-29)27(32)30(26(24)31)17-22-8-4-5-9-23(22)28/h2-13H,14-17H2,1H3. The number of rotatable bonds is 4. The van der Waals surface area contributed by atoms with Crippen LogP contribution in [0.25, 0.3) is 5.57 Å². The first-order chi connectivity index (χ1) is 15.5. The Morgan fingerprint density at radius 2 is 1.53 bits per heavy atom. The van der Waals surface area contributed by atoms with Gasteiger partial charge in [-0.2, -0.15) is 0 Å². The lowest BCUT2D eigenvalue weighted by Gasteiger charge is -2.31. The SMILES string of the molecule is Cc1ccc(C2=C(N3CCc4ccccc4C3)C(=O)N(Cc3ccccc3Cl)C2=O)cc1. The molecule has 2 aliphatic heterocycles. The van der Waals surface area contributed by atoms with E-state index in [1.807, 2.05) is 61.5 Å². The van der Waals surface area contributed by atoms with E-state index < -0.39 is 0 Å². The number of amides is 2. The van der Waals surface area contributed by atoms with Crippen molar-refractivity contribution in [1.82, 2.24) is 9.80 Å². The predicted molar refractivity (Wildman–Crippen MR) is 126 cm³/mol. The summed E-state index contributed by atoms with van der Waals surface area (Å²) in [5.41, 5.74) is 6.08. The van der Waals surface area contributed by atoms with Crippen LogP contribution in [0.5, 0.6) is 0 Å². The Bertz CT molecular complexity index is 1250. The van der Waals surface area contributed by atoms with Crippen molar-refractivity contribution in [3.63, 3.8) is 0 Å². The van der Waals surface area contributed by atoms with E-state index in [4.69, 9.17) is 11.6 Å². The molecule has 0 aliphatic carbocycles. The van der Waals surface area contributed by atoms with Crippen molar-refractivity contribution < 1.29 is 9.59 Å². The molecule has 0 fully saturated rings. The van der Waals surface area contributed by atoms with Crippen LogP contribution < -0.4 is 0 Å². The molecule has 4 nitrogen and oxygen atoms in total. The first kappa shape index (κ1) is 20.5. The largest absolute Gasteiger partial charge is 0.362 e. The number of fused-ring (bicyclic) bond motifs is 1. The van der Waals surface area contributed by atoms with Gasteiger partial charge in [0.1, 0.15) is 5.70 Å². The Labute approximate surface area is 192 Å². The van der Waals surface area contributed by atoms with Gasteiger partial charge in [0.05, 0.1) is 12.1 Å². The monoisotopic (exact) mass is 442 g/mol. The first-order valence-electron chi connectivity index (χ1n) is 10.8. The predicted octanol–water partition coefficient (Wildman–Crippen LogP) is 4.99. The summed E-state index contributed by atoms with van der Waals surface area (Å²) >= 11 is 6.34. The van der Waals surface area contributed by atoms with Gasteiger partial charge in [-0.25, -0.2) is 0 Å². The smallest absolute Gasteiger partial charge is 0.278 e. The average molecular weight is 443 g/mol. The highest BCUT2D eigenvalue weighted by molar-refractivity contribution is 6.35. The van der Waals surface area contributed by atoms with E-state index in [2.05, 4.69) is 17.0 Å². The van der Waals surface area contributed by atoms with Gasteiger partial charge in [0.15, 0.2) is 0 Å². The summed E-state index contributed by atoms with van der Waals surface area (Å²) in [6.45, 7) is 3.47. The maximum Gasteiger partial charge on any atom is 0.278 e. The Balaban J connectivity index is 1.56. The summed E-state index contributed by atoms with van der Waals surface area (Å²) in [7, 11) is 0. The van der Waals surface area contributed by atoms with Gasteiger partial charge >= 0.3 is 0 Å². The van der Waals surface area contributed by atoms with Gasteiger partial charge in [0.25, 0.3) is 11.8 Å². The van der Waals surface area contributed by atoms with Crippen LogP contribution in [-0.2, 0) is 29.1 Å². The molecule has 0 unspecified atom stereocenters. The lowest BCUT2D eigenvalue weighted by Crippen LogP contribution is -2.37. The second-order valence-electron chi connectivity index (χ2n) is 8.32. The molecule has 0 N–H and O–H groups in total. The minimum Gasteiger partial charge on any atom is -0.362 e. The van der Waals surface area contributed by atoms with Crippen LogP contribution in [0.3, 0.4) is 0 Å². The minimum atomic E-state index is -0.271. The molecule has 2 heterocycles. The van der Waals surface area contributed by atoms with E-state index in [0.29, 0.717) is 29.4 Å². The normalized spacial score (nSPS) is 16.1. The van der Waals surface area contributed by atoms with Crippen LogP contribution in [0.1, 0.15) is 27.8 Å². The number of carbonyl (C=O) groups is 2. The number of aryl methyl sites for hydroxylation is 1. The lowest BCUT2D eigenvalue weighted by atomic mass is 9.97. The summed E-state index contributed by atoms with van der Waals surface area (Å²) in [6.07, 6.45) is 0.840. The molecule has 5 rings (SSSR count). The van der Waals surface area contributed by atoms with Crippen molar-refractivity contribution in [1.29, 1.82) is 0 Å². The van der Waals surface area contributed by atoms with Crippen molar-refractivity contribution in [3.8, 4) is 0 Å². The zero-order chi connectivity index (χ0) is 22.2. The van der Waals surface area contributed by atoms with Gasteiger partial charge in [-0.1, -0.05) is 83.9 Å².